The van der Waals surface area contributed by atoms with E-state index in [2.05, 4.69) is 4.72 Å². The van der Waals surface area contributed by atoms with E-state index in [0.717, 1.165) is 0 Å². The van der Waals surface area contributed by atoms with Crippen LogP contribution in [0.4, 0.5) is 5.69 Å². The molecule has 0 atom stereocenters. The van der Waals surface area contributed by atoms with Crippen LogP contribution in [0, 0.1) is 0 Å². The molecule has 0 spiro atoms. The summed E-state index contributed by atoms with van der Waals surface area (Å²) >= 11 is 0. The molecular formula is C12H18N2O4S. The van der Waals surface area contributed by atoms with Gasteiger partial charge >= 0.3 is 5.97 Å². The van der Waals surface area contributed by atoms with E-state index in [-0.39, 0.29) is 17.5 Å². The van der Waals surface area contributed by atoms with Gasteiger partial charge in [-0.05, 0) is 45.2 Å². The third-order valence-corrected chi connectivity index (χ3v) is 4.11. The van der Waals surface area contributed by atoms with Crippen molar-refractivity contribution >= 4 is 21.7 Å². The van der Waals surface area contributed by atoms with E-state index >= 15 is 0 Å². The van der Waals surface area contributed by atoms with Crippen LogP contribution in [0.3, 0.4) is 0 Å². The van der Waals surface area contributed by atoms with Crippen molar-refractivity contribution in [3.8, 4) is 0 Å². The molecule has 1 aromatic carbocycles. The Morgan fingerprint density at radius 3 is 2.21 bits per heavy atom. The van der Waals surface area contributed by atoms with Crippen molar-refractivity contribution in [2.45, 2.75) is 24.8 Å². The summed E-state index contributed by atoms with van der Waals surface area (Å²) in [7, 11) is -2.13. The molecule has 0 saturated carbocycles. The van der Waals surface area contributed by atoms with Crippen LogP contribution in [0.1, 0.15) is 13.8 Å². The first-order valence-electron chi connectivity index (χ1n) is 5.80. The fraction of sp³-hybridized carbons (Fsp3) is 0.417. The van der Waals surface area contributed by atoms with Crippen molar-refractivity contribution in [1.82, 2.24) is 4.72 Å². The molecular weight excluding hydrogens is 268 g/mol. The van der Waals surface area contributed by atoms with Crippen molar-refractivity contribution in [2.75, 3.05) is 18.5 Å². The molecule has 0 heterocycles. The number of hydrogen-bond donors (Lipinski definition) is 2. The summed E-state index contributed by atoms with van der Waals surface area (Å²) in [6.45, 7) is 3.62. The number of carboxylic acids is 1. The molecule has 0 amide bonds. The Kier molecular flexibility index (Phi) is 4.90. The summed E-state index contributed by atoms with van der Waals surface area (Å²) in [5, 5.41) is 8.87. The topological polar surface area (TPSA) is 86.7 Å². The lowest BCUT2D eigenvalue weighted by atomic mass is 10.2. The molecule has 0 aromatic heterocycles. The van der Waals surface area contributed by atoms with Gasteiger partial charge in [-0.3, -0.25) is 4.79 Å². The average Bonchev–Trinajstić information content (AvgIpc) is 2.35. The number of aliphatic carboxylic acids is 1. The van der Waals surface area contributed by atoms with Crippen LogP contribution in [0.25, 0.3) is 0 Å². The number of hydrogen-bond acceptors (Lipinski definition) is 4. The van der Waals surface area contributed by atoms with Crippen LogP contribution in [-0.4, -0.2) is 39.1 Å². The summed E-state index contributed by atoms with van der Waals surface area (Å²) < 4.78 is 25.4. The van der Waals surface area contributed by atoms with E-state index in [1.54, 1.807) is 17.0 Å². The molecule has 106 valence electrons. The summed E-state index contributed by atoms with van der Waals surface area (Å²) in [6.07, 6.45) is 0. The molecule has 6 nitrogen and oxygen atoms in total. The van der Waals surface area contributed by atoms with E-state index in [1.165, 1.54) is 19.2 Å². The van der Waals surface area contributed by atoms with Gasteiger partial charge in [0.1, 0.15) is 6.54 Å². The largest absolute Gasteiger partial charge is 0.480 e. The third-order valence-electron chi connectivity index (χ3n) is 2.68. The molecule has 19 heavy (non-hydrogen) atoms. The molecule has 0 radical (unpaired) electrons. The van der Waals surface area contributed by atoms with Crippen molar-refractivity contribution < 1.29 is 18.3 Å². The van der Waals surface area contributed by atoms with E-state index in [1.807, 2.05) is 13.8 Å². The highest BCUT2D eigenvalue weighted by molar-refractivity contribution is 7.89. The number of carbonyl (C=O) groups is 1. The Bertz CT molecular complexity index is 537. The van der Waals surface area contributed by atoms with Crippen LogP contribution in [-0.2, 0) is 14.8 Å². The molecule has 2 N–H and O–H groups in total. The molecule has 0 fully saturated rings. The molecule has 7 heteroatoms. The zero-order valence-corrected chi connectivity index (χ0v) is 11.9. The zero-order valence-electron chi connectivity index (χ0n) is 11.1. The lowest BCUT2D eigenvalue weighted by molar-refractivity contribution is -0.135. The summed E-state index contributed by atoms with van der Waals surface area (Å²) in [5.74, 6) is -0.930. The Hall–Kier alpha value is -1.60. The normalized spacial score (nSPS) is 11.6. The SMILES string of the molecule is CNS(=O)(=O)c1ccc(N(CC(=O)O)C(C)C)cc1. The van der Waals surface area contributed by atoms with Gasteiger partial charge in [0, 0.05) is 11.7 Å². The second-order valence-electron chi connectivity index (χ2n) is 4.32. The summed E-state index contributed by atoms with van der Waals surface area (Å²) in [6, 6.07) is 6.12. The lowest BCUT2D eigenvalue weighted by Gasteiger charge is -2.27. The van der Waals surface area contributed by atoms with Crippen molar-refractivity contribution in [1.29, 1.82) is 0 Å². The monoisotopic (exact) mass is 286 g/mol. The van der Waals surface area contributed by atoms with E-state index < -0.39 is 16.0 Å². The zero-order chi connectivity index (χ0) is 14.6. The molecule has 1 rings (SSSR count). The van der Waals surface area contributed by atoms with Crippen LogP contribution in [0.2, 0.25) is 0 Å². The van der Waals surface area contributed by atoms with Crippen LogP contribution < -0.4 is 9.62 Å². The number of anilines is 1. The van der Waals surface area contributed by atoms with Gasteiger partial charge < -0.3 is 10.0 Å². The molecule has 0 unspecified atom stereocenters. The lowest BCUT2D eigenvalue weighted by Crippen LogP contribution is -2.35. The van der Waals surface area contributed by atoms with Crippen LogP contribution in [0.15, 0.2) is 29.2 Å². The first-order chi connectivity index (χ1) is 8.77. The first-order valence-corrected chi connectivity index (χ1v) is 7.28. The highest BCUT2D eigenvalue weighted by atomic mass is 32.2. The minimum atomic E-state index is -3.47. The standard InChI is InChI=1S/C12H18N2O4S/c1-9(2)14(8-12(15)16)10-4-6-11(7-5-10)19(17,18)13-3/h4-7,9,13H,8H2,1-3H3,(H,15,16). The number of nitrogens with zero attached hydrogens (tertiary/aromatic N) is 1. The fourth-order valence-corrected chi connectivity index (χ4v) is 2.38. The highest BCUT2D eigenvalue weighted by Crippen LogP contribution is 2.19. The van der Waals surface area contributed by atoms with Crippen LogP contribution in [0.5, 0.6) is 0 Å². The van der Waals surface area contributed by atoms with E-state index in [4.69, 9.17) is 5.11 Å². The van der Waals surface area contributed by atoms with Gasteiger partial charge in [-0.1, -0.05) is 0 Å². The predicted molar refractivity (Wildman–Crippen MR) is 72.8 cm³/mol. The highest BCUT2D eigenvalue weighted by Gasteiger charge is 2.16. The Morgan fingerprint density at radius 2 is 1.84 bits per heavy atom. The van der Waals surface area contributed by atoms with Crippen molar-refractivity contribution in [3.05, 3.63) is 24.3 Å². The van der Waals surface area contributed by atoms with Gasteiger partial charge in [0.25, 0.3) is 0 Å². The Balaban J connectivity index is 3.05. The molecule has 1 aromatic rings. The van der Waals surface area contributed by atoms with Gasteiger partial charge in [-0.25, -0.2) is 13.1 Å². The van der Waals surface area contributed by atoms with Gasteiger partial charge in [0.05, 0.1) is 4.90 Å². The van der Waals surface area contributed by atoms with Gasteiger partial charge in [0.15, 0.2) is 0 Å². The van der Waals surface area contributed by atoms with Crippen molar-refractivity contribution in [2.24, 2.45) is 0 Å². The minimum Gasteiger partial charge on any atom is -0.480 e. The predicted octanol–water partition coefficient (Wildman–Crippen LogP) is 0.894. The third kappa shape index (κ3) is 3.93. The summed E-state index contributed by atoms with van der Waals surface area (Å²) in [4.78, 5) is 12.6. The Morgan fingerprint density at radius 1 is 1.32 bits per heavy atom. The maximum absolute atomic E-state index is 11.6. The fourth-order valence-electron chi connectivity index (χ4n) is 1.65. The molecule has 0 saturated heterocycles. The maximum Gasteiger partial charge on any atom is 0.323 e. The summed E-state index contributed by atoms with van der Waals surface area (Å²) in [5.41, 5.74) is 0.674. The number of nitrogens with one attached hydrogen (secondary N) is 1. The Labute approximate surface area is 113 Å². The van der Waals surface area contributed by atoms with Gasteiger partial charge in [0.2, 0.25) is 10.0 Å². The average molecular weight is 286 g/mol. The molecule has 0 aliphatic heterocycles. The van der Waals surface area contributed by atoms with E-state index in [0.29, 0.717) is 5.69 Å². The van der Waals surface area contributed by atoms with Crippen LogP contribution >= 0.6 is 0 Å². The van der Waals surface area contributed by atoms with Gasteiger partial charge in [-0.2, -0.15) is 0 Å². The molecule has 0 bridgehead atoms. The van der Waals surface area contributed by atoms with Gasteiger partial charge in [-0.15, -0.1) is 0 Å². The van der Waals surface area contributed by atoms with E-state index in [9.17, 15) is 13.2 Å². The molecule has 0 aliphatic rings. The quantitative estimate of drug-likeness (QED) is 0.811. The molecule has 0 aliphatic carbocycles. The maximum atomic E-state index is 11.6. The first kappa shape index (κ1) is 15.5. The second-order valence-corrected chi connectivity index (χ2v) is 6.20. The van der Waals surface area contributed by atoms with Crippen molar-refractivity contribution in [3.63, 3.8) is 0 Å². The number of carboxylic acid groups (broad SMARTS) is 1. The minimum absolute atomic E-state index is 0.00265. The number of benzene rings is 1. The smallest absolute Gasteiger partial charge is 0.323 e. The second kappa shape index (κ2) is 6.03. The number of sulfonamides is 1. The number of rotatable bonds is 6.